The van der Waals surface area contributed by atoms with Gasteiger partial charge in [0.25, 0.3) is 5.91 Å². The van der Waals surface area contributed by atoms with Crippen LogP contribution in [-0.2, 0) is 4.74 Å². The second kappa shape index (κ2) is 6.62. The van der Waals surface area contributed by atoms with Gasteiger partial charge in [-0.05, 0) is 30.9 Å². The predicted molar refractivity (Wildman–Crippen MR) is 70.0 cm³/mol. The molecule has 1 amide bonds. The Morgan fingerprint density at radius 3 is 2.65 bits per heavy atom. The molecule has 1 heterocycles. The van der Waals surface area contributed by atoms with Crippen LogP contribution in [0, 0.1) is 17.6 Å². The molecule has 110 valence electrons. The minimum atomic E-state index is -0.901. The number of carbonyl (C=O) groups excluding carboxylic acids is 1. The van der Waals surface area contributed by atoms with Gasteiger partial charge in [-0.3, -0.25) is 10.6 Å². The summed E-state index contributed by atoms with van der Waals surface area (Å²) >= 11 is 0. The highest BCUT2D eigenvalue weighted by Crippen LogP contribution is 2.20. The largest absolute Gasteiger partial charge is 0.381 e. The molecule has 1 fully saturated rings. The maximum atomic E-state index is 13.5. The molecule has 0 aromatic heterocycles. The number of benzene rings is 1. The first-order valence-electron chi connectivity index (χ1n) is 6.43. The number of rotatable bonds is 5. The van der Waals surface area contributed by atoms with Gasteiger partial charge in [0.1, 0.15) is 5.69 Å². The Hall–Kier alpha value is -1.73. The molecule has 5 nitrogen and oxygen atoms in total. The number of nitrogen functional groups attached to an aromatic ring is 1. The van der Waals surface area contributed by atoms with Crippen molar-refractivity contribution in [2.75, 3.05) is 25.2 Å². The van der Waals surface area contributed by atoms with Crippen LogP contribution < -0.4 is 16.6 Å². The molecule has 1 aromatic rings. The summed E-state index contributed by atoms with van der Waals surface area (Å²) in [6.07, 6.45) is 1.77. The van der Waals surface area contributed by atoms with Crippen molar-refractivity contribution in [1.82, 2.24) is 5.32 Å². The molecule has 1 aliphatic heterocycles. The van der Waals surface area contributed by atoms with E-state index in [4.69, 9.17) is 10.6 Å². The topological polar surface area (TPSA) is 76.4 Å². The van der Waals surface area contributed by atoms with Crippen LogP contribution in [0.25, 0.3) is 0 Å². The first kappa shape index (κ1) is 14.7. The number of nitrogens with one attached hydrogen (secondary N) is 2. The maximum Gasteiger partial charge on any atom is 0.251 e. The molecule has 1 unspecified atom stereocenters. The van der Waals surface area contributed by atoms with Crippen molar-refractivity contribution in [3.8, 4) is 0 Å². The lowest BCUT2D eigenvalue weighted by Gasteiger charge is -2.10. The number of hydrazine groups is 1. The summed E-state index contributed by atoms with van der Waals surface area (Å²) in [7, 11) is 0. The molecule has 1 aromatic carbocycles. The monoisotopic (exact) mass is 285 g/mol. The van der Waals surface area contributed by atoms with Crippen molar-refractivity contribution in [1.29, 1.82) is 0 Å². The summed E-state index contributed by atoms with van der Waals surface area (Å²) in [5, 5.41) is 2.64. The fourth-order valence-corrected chi connectivity index (χ4v) is 2.15. The zero-order valence-electron chi connectivity index (χ0n) is 10.9. The SMILES string of the molecule is NNc1c(F)cc(C(=O)NCCC2CCOC2)cc1F. The van der Waals surface area contributed by atoms with E-state index in [0.717, 1.165) is 31.6 Å². The summed E-state index contributed by atoms with van der Waals surface area (Å²) in [6, 6.07) is 1.90. The standard InChI is InChI=1S/C13H17F2N3O2/c14-10-5-9(6-11(15)12(10)18-16)13(19)17-3-1-8-2-4-20-7-8/h5-6,8,18H,1-4,7,16H2,(H,17,19). The first-order chi connectivity index (χ1) is 9.61. The molecular formula is C13H17F2N3O2. The summed E-state index contributed by atoms with van der Waals surface area (Å²) in [6.45, 7) is 1.91. The molecule has 0 spiro atoms. The molecule has 4 N–H and O–H groups in total. The summed E-state index contributed by atoms with van der Waals surface area (Å²) in [5.41, 5.74) is 1.39. The third kappa shape index (κ3) is 3.43. The van der Waals surface area contributed by atoms with E-state index in [9.17, 15) is 13.6 Å². The third-order valence-electron chi connectivity index (χ3n) is 3.31. The first-order valence-corrected chi connectivity index (χ1v) is 6.43. The van der Waals surface area contributed by atoms with E-state index in [-0.39, 0.29) is 5.56 Å². The third-order valence-corrected chi connectivity index (χ3v) is 3.31. The van der Waals surface area contributed by atoms with Crippen molar-refractivity contribution in [3.63, 3.8) is 0 Å². The minimum Gasteiger partial charge on any atom is -0.381 e. The van der Waals surface area contributed by atoms with Gasteiger partial charge in [-0.15, -0.1) is 0 Å². The number of anilines is 1. The zero-order chi connectivity index (χ0) is 14.5. The number of carbonyl (C=O) groups is 1. The lowest BCUT2D eigenvalue weighted by Crippen LogP contribution is -2.26. The Bertz CT molecular complexity index is 467. The number of amides is 1. The van der Waals surface area contributed by atoms with Crippen LogP contribution in [0.5, 0.6) is 0 Å². The van der Waals surface area contributed by atoms with Crippen molar-refractivity contribution < 1.29 is 18.3 Å². The molecule has 1 atom stereocenters. The molecule has 0 bridgehead atoms. The average molecular weight is 285 g/mol. The second-order valence-corrected chi connectivity index (χ2v) is 4.73. The van der Waals surface area contributed by atoms with E-state index in [0.29, 0.717) is 19.1 Å². The Morgan fingerprint density at radius 1 is 1.40 bits per heavy atom. The number of hydrogen-bond donors (Lipinski definition) is 3. The lowest BCUT2D eigenvalue weighted by molar-refractivity contribution is 0.0949. The fraction of sp³-hybridized carbons (Fsp3) is 0.462. The van der Waals surface area contributed by atoms with E-state index in [1.807, 2.05) is 5.43 Å². The van der Waals surface area contributed by atoms with E-state index in [1.165, 1.54) is 0 Å². The quantitative estimate of drug-likeness (QED) is 0.564. The summed E-state index contributed by atoms with van der Waals surface area (Å²) in [5.74, 6) is 3.11. The molecule has 0 radical (unpaired) electrons. The van der Waals surface area contributed by atoms with Gasteiger partial charge in [-0.2, -0.15) is 0 Å². The van der Waals surface area contributed by atoms with Gasteiger partial charge in [-0.1, -0.05) is 0 Å². The molecular weight excluding hydrogens is 268 g/mol. The Labute approximate surface area is 115 Å². The number of halogens is 2. The van der Waals surface area contributed by atoms with Crippen molar-refractivity contribution in [2.24, 2.45) is 11.8 Å². The zero-order valence-corrected chi connectivity index (χ0v) is 10.9. The molecule has 20 heavy (non-hydrogen) atoms. The van der Waals surface area contributed by atoms with Crippen LogP contribution >= 0.6 is 0 Å². The highest BCUT2D eigenvalue weighted by molar-refractivity contribution is 5.94. The van der Waals surface area contributed by atoms with Crippen LogP contribution in [0.4, 0.5) is 14.5 Å². The van der Waals surface area contributed by atoms with Gasteiger partial charge in [0, 0.05) is 25.3 Å². The maximum absolute atomic E-state index is 13.5. The van der Waals surface area contributed by atoms with Crippen LogP contribution in [0.15, 0.2) is 12.1 Å². The van der Waals surface area contributed by atoms with Gasteiger partial charge in [0.05, 0.1) is 0 Å². The summed E-state index contributed by atoms with van der Waals surface area (Å²) < 4.78 is 32.1. The number of hydrogen-bond acceptors (Lipinski definition) is 4. The number of nitrogens with two attached hydrogens (primary N) is 1. The van der Waals surface area contributed by atoms with Crippen molar-refractivity contribution >= 4 is 11.6 Å². The predicted octanol–water partition coefficient (Wildman–Crippen LogP) is 1.41. The summed E-state index contributed by atoms with van der Waals surface area (Å²) in [4.78, 5) is 11.8. The Balaban J connectivity index is 1.91. The van der Waals surface area contributed by atoms with Gasteiger partial charge in [0.2, 0.25) is 0 Å². The molecule has 2 rings (SSSR count). The molecule has 0 aliphatic carbocycles. The second-order valence-electron chi connectivity index (χ2n) is 4.73. The van der Waals surface area contributed by atoms with E-state index < -0.39 is 23.2 Å². The lowest BCUT2D eigenvalue weighted by atomic mass is 10.1. The Kier molecular flexibility index (Phi) is 4.86. The van der Waals surface area contributed by atoms with Crippen molar-refractivity contribution in [2.45, 2.75) is 12.8 Å². The minimum absolute atomic E-state index is 0.0679. The van der Waals surface area contributed by atoms with Crippen molar-refractivity contribution in [3.05, 3.63) is 29.3 Å². The average Bonchev–Trinajstić information content (AvgIpc) is 2.91. The molecule has 7 heteroatoms. The van der Waals surface area contributed by atoms with Gasteiger partial charge in [-0.25, -0.2) is 8.78 Å². The van der Waals surface area contributed by atoms with Crippen LogP contribution in [-0.4, -0.2) is 25.7 Å². The highest BCUT2D eigenvalue weighted by atomic mass is 19.1. The number of ether oxygens (including phenoxy) is 1. The van der Waals surface area contributed by atoms with Crippen LogP contribution in [0.2, 0.25) is 0 Å². The molecule has 1 saturated heterocycles. The molecule has 1 aliphatic rings. The van der Waals surface area contributed by atoms with Crippen LogP contribution in [0.1, 0.15) is 23.2 Å². The van der Waals surface area contributed by atoms with E-state index in [2.05, 4.69) is 5.32 Å². The Morgan fingerprint density at radius 2 is 2.10 bits per heavy atom. The smallest absolute Gasteiger partial charge is 0.251 e. The fourth-order valence-electron chi connectivity index (χ4n) is 2.15. The van der Waals surface area contributed by atoms with Gasteiger partial charge in [0.15, 0.2) is 11.6 Å². The van der Waals surface area contributed by atoms with Crippen LogP contribution in [0.3, 0.4) is 0 Å². The normalized spacial score (nSPS) is 18.1. The van der Waals surface area contributed by atoms with Gasteiger partial charge < -0.3 is 15.5 Å². The van der Waals surface area contributed by atoms with Gasteiger partial charge >= 0.3 is 0 Å². The highest BCUT2D eigenvalue weighted by Gasteiger charge is 2.17. The van der Waals surface area contributed by atoms with E-state index in [1.54, 1.807) is 0 Å². The van der Waals surface area contributed by atoms with E-state index >= 15 is 0 Å². The molecule has 0 saturated carbocycles.